The molecule has 16 nitrogen and oxygen atoms in total. The third kappa shape index (κ3) is 7.12. The number of rotatable bonds is 8. The van der Waals surface area contributed by atoms with E-state index in [2.05, 4.69) is 58.3 Å². The number of aromatic nitrogens is 5. The van der Waals surface area contributed by atoms with Gasteiger partial charge in [-0.2, -0.15) is 5.10 Å². The number of amides is 4. The molecule has 4 amide bonds. The quantitative estimate of drug-likeness (QED) is 0.195. The molecular formula is C43H49N11O5. The smallest absolute Gasteiger partial charge is 0.331 e. The lowest BCUT2D eigenvalue weighted by Gasteiger charge is -2.38. The molecule has 5 aromatic rings. The molecule has 10 rings (SSSR count). The summed E-state index contributed by atoms with van der Waals surface area (Å²) in [5.74, 6) is -0.516. The second-order valence-electron chi connectivity index (χ2n) is 16.9. The minimum atomic E-state index is -0.602. The fourth-order valence-electron chi connectivity index (χ4n) is 9.90. The first-order valence-corrected chi connectivity index (χ1v) is 21.1. The number of likely N-dealkylation sites (tertiary alicyclic amines) is 1. The highest BCUT2D eigenvalue weighted by atomic mass is 16.2. The first-order valence-electron chi connectivity index (χ1n) is 21.1. The number of piperidine rings is 4. The lowest BCUT2D eigenvalue weighted by Crippen LogP contribution is -2.52. The lowest BCUT2D eigenvalue weighted by molar-refractivity contribution is -0.136. The van der Waals surface area contributed by atoms with Crippen LogP contribution in [0.5, 0.6) is 0 Å². The molecule has 4 saturated heterocycles. The molecule has 2 aromatic carbocycles. The van der Waals surface area contributed by atoms with Crippen LogP contribution in [-0.2, 0) is 16.1 Å². The number of carbonyl (C=O) groups is 4. The SMILES string of the molecule is O=C1CCC(N2Cc3ccc(N4CCC(CN5CCC(n6cc7cc(NC(=O)c8c[nH]c(=O)n9ccnc89)c(N8CCCCC8)cc7n6)CC5)CC4)cc3C2=O)C(=O)N1. The molecule has 5 aliphatic heterocycles. The van der Waals surface area contributed by atoms with Crippen molar-refractivity contribution in [1.82, 2.24) is 39.3 Å². The summed E-state index contributed by atoms with van der Waals surface area (Å²) >= 11 is 0. The summed E-state index contributed by atoms with van der Waals surface area (Å²) in [6.45, 7) is 7.20. The van der Waals surface area contributed by atoms with Gasteiger partial charge in [-0.25, -0.2) is 9.78 Å². The average Bonchev–Trinajstić information content (AvgIpc) is 3.99. The van der Waals surface area contributed by atoms with E-state index in [4.69, 9.17) is 5.10 Å². The zero-order valence-corrected chi connectivity index (χ0v) is 33.1. The molecule has 0 saturated carbocycles. The van der Waals surface area contributed by atoms with E-state index >= 15 is 0 Å². The molecule has 0 bridgehead atoms. The summed E-state index contributed by atoms with van der Waals surface area (Å²) in [5, 5.41) is 11.6. The normalized spacial score (nSPS) is 21.1. The Hall–Kier alpha value is -6.03. The first kappa shape index (κ1) is 37.3. The van der Waals surface area contributed by atoms with Crippen LogP contribution in [0.25, 0.3) is 16.6 Å². The molecule has 1 unspecified atom stereocenters. The van der Waals surface area contributed by atoms with Crippen molar-refractivity contribution in [2.75, 3.05) is 60.9 Å². The topological polar surface area (TPSA) is 173 Å². The molecule has 3 aromatic heterocycles. The Bertz CT molecular complexity index is 2520. The number of nitrogens with one attached hydrogen (secondary N) is 3. The predicted octanol–water partition coefficient (Wildman–Crippen LogP) is 3.93. The third-order valence-corrected chi connectivity index (χ3v) is 13.2. The molecule has 0 spiro atoms. The second-order valence-corrected chi connectivity index (χ2v) is 16.9. The van der Waals surface area contributed by atoms with E-state index < -0.39 is 6.04 Å². The predicted molar refractivity (Wildman–Crippen MR) is 222 cm³/mol. The van der Waals surface area contributed by atoms with Gasteiger partial charge in [0.2, 0.25) is 11.8 Å². The van der Waals surface area contributed by atoms with Crippen LogP contribution in [-0.4, -0.2) is 109 Å². The molecule has 4 fully saturated rings. The van der Waals surface area contributed by atoms with Crippen LogP contribution in [0.4, 0.5) is 17.1 Å². The summed E-state index contributed by atoms with van der Waals surface area (Å²) < 4.78 is 3.47. The average molecular weight is 800 g/mol. The third-order valence-electron chi connectivity index (χ3n) is 13.2. The Balaban J connectivity index is 0.760. The summed E-state index contributed by atoms with van der Waals surface area (Å²) in [4.78, 5) is 79.3. The van der Waals surface area contributed by atoms with Gasteiger partial charge in [-0.1, -0.05) is 6.07 Å². The fourth-order valence-corrected chi connectivity index (χ4v) is 9.90. The fraction of sp³-hybridized carbons (Fsp3) is 0.465. The van der Waals surface area contributed by atoms with Gasteiger partial charge in [-0.15, -0.1) is 0 Å². The standard InChI is InChI=1S/C43H49N11O5/c55-38-7-6-36(41(57)47-38)53-25-28-4-5-31(21-32(28)42(53)58)50-17-8-27(9-18-50)24-49-15-10-30(11-16-49)54-26-29-20-35(37(22-34(29)48-54)51-13-2-1-3-14-51)46-40(56)33-23-45-43(59)52-19-12-44-39(33)52/h4-5,12,19-23,26-27,30,36H,1-3,6-11,13-18,24-25H2,(H,45,59)(H,46,56)(H,47,55,57). The van der Waals surface area contributed by atoms with E-state index in [1.807, 2.05) is 18.2 Å². The van der Waals surface area contributed by atoms with Crippen LogP contribution in [0.3, 0.4) is 0 Å². The molecular weight excluding hydrogens is 751 g/mol. The van der Waals surface area contributed by atoms with Crippen LogP contribution < -0.4 is 26.1 Å². The Morgan fingerprint density at radius 2 is 1.69 bits per heavy atom. The maximum Gasteiger partial charge on any atom is 0.331 e. The van der Waals surface area contributed by atoms with Crippen molar-refractivity contribution in [1.29, 1.82) is 0 Å². The maximum absolute atomic E-state index is 13.7. The number of aromatic amines is 1. The van der Waals surface area contributed by atoms with Crippen LogP contribution in [0.1, 0.15) is 90.1 Å². The highest BCUT2D eigenvalue weighted by Gasteiger charge is 2.39. The van der Waals surface area contributed by atoms with E-state index in [1.165, 1.54) is 23.2 Å². The number of imidazole rings is 1. The molecule has 8 heterocycles. The van der Waals surface area contributed by atoms with Gasteiger partial charge >= 0.3 is 5.69 Å². The van der Waals surface area contributed by atoms with Crippen molar-refractivity contribution < 1.29 is 19.2 Å². The summed E-state index contributed by atoms with van der Waals surface area (Å²) in [5.41, 5.74) is 5.51. The van der Waals surface area contributed by atoms with Gasteiger partial charge < -0.3 is 29.9 Å². The number of hydrogen-bond donors (Lipinski definition) is 3. The van der Waals surface area contributed by atoms with Crippen molar-refractivity contribution in [3.8, 4) is 0 Å². The van der Waals surface area contributed by atoms with Crippen LogP contribution >= 0.6 is 0 Å². The Morgan fingerprint density at radius 3 is 2.49 bits per heavy atom. The second kappa shape index (κ2) is 15.3. The number of hydrogen-bond acceptors (Lipinski definition) is 10. The summed E-state index contributed by atoms with van der Waals surface area (Å²) in [7, 11) is 0. The van der Waals surface area contributed by atoms with Gasteiger partial charge in [0.1, 0.15) is 6.04 Å². The molecule has 3 N–H and O–H groups in total. The zero-order chi connectivity index (χ0) is 40.2. The van der Waals surface area contributed by atoms with E-state index in [0.717, 1.165) is 118 Å². The molecule has 0 aliphatic carbocycles. The molecule has 16 heteroatoms. The van der Waals surface area contributed by atoms with E-state index in [1.54, 1.807) is 11.1 Å². The van der Waals surface area contributed by atoms with Crippen LogP contribution in [0.15, 0.2) is 59.9 Å². The Labute approximate surface area is 340 Å². The van der Waals surface area contributed by atoms with Crippen LogP contribution in [0, 0.1) is 5.92 Å². The molecule has 0 radical (unpaired) electrons. The van der Waals surface area contributed by atoms with Gasteiger partial charge in [-0.3, -0.25) is 33.6 Å². The Kier molecular flexibility index (Phi) is 9.65. The maximum atomic E-state index is 13.7. The molecule has 306 valence electrons. The van der Waals surface area contributed by atoms with Crippen molar-refractivity contribution in [2.45, 2.75) is 76.4 Å². The van der Waals surface area contributed by atoms with Gasteiger partial charge in [0.25, 0.3) is 11.8 Å². The molecule has 5 aliphatic rings. The summed E-state index contributed by atoms with van der Waals surface area (Å²) in [6, 6.07) is 9.95. The first-order chi connectivity index (χ1) is 28.8. The zero-order valence-electron chi connectivity index (χ0n) is 33.1. The van der Waals surface area contributed by atoms with Crippen LogP contribution in [0.2, 0.25) is 0 Å². The number of nitrogens with zero attached hydrogens (tertiary/aromatic N) is 8. The minimum absolute atomic E-state index is 0.130. The van der Waals surface area contributed by atoms with Crippen molar-refractivity contribution in [3.63, 3.8) is 0 Å². The largest absolute Gasteiger partial charge is 0.371 e. The van der Waals surface area contributed by atoms with E-state index in [-0.39, 0.29) is 35.7 Å². The van der Waals surface area contributed by atoms with Crippen molar-refractivity contribution >= 4 is 57.2 Å². The number of benzene rings is 2. The number of anilines is 3. The summed E-state index contributed by atoms with van der Waals surface area (Å²) in [6.07, 6.45) is 14.8. The van der Waals surface area contributed by atoms with E-state index in [9.17, 15) is 24.0 Å². The highest BCUT2D eigenvalue weighted by molar-refractivity contribution is 6.10. The van der Waals surface area contributed by atoms with Gasteiger partial charge in [-0.05, 0) is 87.1 Å². The van der Waals surface area contributed by atoms with Crippen molar-refractivity contribution in [2.24, 2.45) is 5.92 Å². The minimum Gasteiger partial charge on any atom is -0.371 e. The molecule has 1 atom stereocenters. The highest BCUT2D eigenvalue weighted by Crippen LogP contribution is 2.36. The van der Waals surface area contributed by atoms with Gasteiger partial charge in [0.05, 0.1) is 28.5 Å². The number of carbonyl (C=O) groups excluding carboxylic acids is 4. The number of H-pyrrole nitrogens is 1. The molecule has 59 heavy (non-hydrogen) atoms. The monoisotopic (exact) mass is 799 g/mol. The number of fused-ring (bicyclic) bond motifs is 3. The Morgan fingerprint density at radius 1 is 0.881 bits per heavy atom. The van der Waals surface area contributed by atoms with Gasteiger partial charge in [0.15, 0.2) is 5.65 Å². The number of imide groups is 1. The van der Waals surface area contributed by atoms with Gasteiger partial charge in [0, 0.05) is 100 Å². The van der Waals surface area contributed by atoms with Crippen molar-refractivity contribution in [3.05, 3.63) is 82.3 Å². The lowest BCUT2D eigenvalue weighted by atomic mass is 9.94. The van der Waals surface area contributed by atoms with E-state index in [0.29, 0.717) is 41.7 Å².